The van der Waals surface area contributed by atoms with Crippen LogP contribution >= 0.6 is 0 Å². The van der Waals surface area contributed by atoms with Gasteiger partial charge in [0.1, 0.15) is 0 Å². The van der Waals surface area contributed by atoms with E-state index in [1.54, 1.807) is 30.5 Å². The topological polar surface area (TPSA) is 81.6 Å². The molecule has 0 aliphatic heterocycles. The Morgan fingerprint density at radius 1 is 1.44 bits per heavy atom. The summed E-state index contributed by atoms with van der Waals surface area (Å²) in [6.45, 7) is 0.526. The van der Waals surface area contributed by atoms with Gasteiger partial charge in [0, 0.05) is 30.4 Å². The van der Waals surface area contributed by atoms with Crippen molar-refractivity contribution in [2.45, 2.75) is 6.42 Å². The molecule has 2 aromatic rings. The minimum absolute atomic E-state index is 0.174. The predicted molar refractivity (Wildman–Crippen MR) is 65.8 cm³/mol. The van der Waals surface area contributed by atoms with Crippen molar-refractivity contribution in [2.75, 3.05) is 6.54 Å². The van der Waals surface area contributed by atoms with Crippen LogP contribution in [0.5, 0.6) is 0 Å². The number of hydrogen-bond acceptors (Lipinski definition) is 3. The molecule has 0 atom stereocenters. The third kappa shape index (κ3) is 2.95. The Labute approximate surface area is 104 Å². The van der Waals surface area contributed by atoms with Crippen LogP contribution in [0.2, 0.25) is 0 Å². The lowest BCUT2D eigenvalue weighted by Crippen LogP contribution is -2.25. The molecule has 0 spiro atoms. The first-order chi connectivity index (χ1) is 8.79. The Morgan fingerprint density at radius 2 is 2.33 bits per heavy atom. The van der Waals surface area contributed by atoms with Gasteiger partial charge in [0.15, 0.2) is 0 Å². The Bertz CT molecular complexity index is 569. The molecule has 5 nitrogen and oxygen atoms in total. The molecule has 2 rings (SSSR count). The van der Waals surface area contributed by atoms with Gasteiger partial charge in [-0.2, -0.15) is 10.4 Å². The summed E-state index contributed by atoms with van der Waals surface area (Å²) >= 11 is 0. The van der Waals surface area contributed by atoms with E-state index in [1.807, 2.05) is 12.1 Å². The molecule has 0 fully saturated rings. The van der Waals surface area contributed by atoms with E-state index >= 15 is 0 Å². The van der Waals surface area contributed by atoms with Crippen LogP contribution in [-0.2, 0) is 6.42 Å². The average molecular weight is 240 g/mol. The Hall–Kier alpha value is -2.61. The van der Waals surface area contributed by atoms with Gasteiger partial charge in [-0.25, -0.2) is 0 Å². The molecule has 5 heteroatoms. The maximum atomic E-state index is 11.8. The van der Waals surface area contributed by atoms with Crippen LogP contribution in [0, 0.1) is 11.3 Å². The zero-order valence-electron chi connectivity index (χ0n) is 9.68. The second-order valence-corrected chi connectivity index (χ2v) is 3.78. The molecular formula is C13H12N4O. The molecule has 1 heterocycles. The maximum absolute atomic E-state index is 11.8. The van der Waals surface area contributed by atoms with Crippen LogP contribution in [0.1, 0.15) is 21.6 Å². The molecule has 0 aliphatic rings. The summed E-state index contributed by atoms with van der Waals surface area (Å²) in [5.74, 6) is -0.174. The van der Waals surface area contributed by atoms with Gasteiger partial charge in [-0.1, -0.05) is 6.07 Å². The predicted octanol–water partition coefficient (Wildman–Crippen LogP) is 1.25. The second kappa shape index (κ2) is 5.64. The van der Waals surface area contributed by atoms with Crippen LogP contribution in [0.3, 0.4) is 0 Å². The van der Waals surface area contributed by atoms with Crippen LogP contribution < -0.4 is 5.32 Å². The van der Waals surface area contributed by atoms with Crippen LogP contribution in [-0.4, -0.2) is 22.6 Å². The Kier molecular flexibility index (Phi) is 3.72. The molecule has 0 aliphatic carbocycles. The summed E-state index contributed by atoms with van der Waals surface area (Å²) in [5, 5.41) is 18.2. The van der Waals surface area contributed by atoms with E-state index in [-0.39, 0.29) is 5.91 Å². The number of carbonyl (C=O) groups is 1. The third-order valence-corrected chi connectivity index (χ3v) is 2.49. The zero-order valence-corrected chi connectivity index (χ0v) is 9.68. The summed E-state index contributed by atoms with van der Waals surface area (Å²) in [6.07, 6.45) is 2.37. The second-order valence-electron chi connectivity index (χ2n) is 3.78. The van der Waals surface area contributed by atoms with Gasteiger partial charge >= 0.3 is 0 Å². The minimum Gasteiger partial charge on any atom is -0.352 e. The fourth-order valence-electron chi connectivity index (χ4n) is 1.57. The van der Waals surface area contributed by atoms with Crippen LogP contribution in [0.15, 0.2) is 36.5 Å². The van der Waals surface area contributed by atoms with Crippen molar-refractivity contribution in [3.05, 3.63) is 53.3 Å². The number of nitriles is 1. The molecule has 0 saturated carbocycles. The third-order valence-electron chi connectivity index (χ3n) is 2.49. The van der Waals surface area contributed by atoms with Crippen LogP contribution in [0.4, 0.5) is 0 Å². The number of benzene rings is 1. The number of nitrogens with one attached hydrogen (secondary N) is 2. The molecule has 0 saturated heterocycles. The lowest BCUT2D eigenvalue weighted by atomic mass is 10.1. The van der Waals surface area contributed by atoms with Gasteiger partial charge in [0.25, 0.3) is 5.91 Å². The Morgan fingerprint density at radius 3 is 3.06 bits per heavy atom. The molecule has 0 unspecified atom stereocenters. The van der Waals surface area contributed by atoms with E-state index in [0.717, 1.165) is 5.69 Å². The van der Waals surface area contributed by atoms with Crippen molar-refractivity contribution in [3.8, 4) is 6.07 Å². The highest BCUT2D eigenvalue weighted by molar-refractivity contribution is 5.94. The monoisotopic (exact) mass is 240 g/mol. The fraction of sp³-hybridized carbons (Fsp3) is 0.154. The van der Waals surface area contributed by atoms with E-state index < -0.39 is 0 Å². The molecule has 18 heavy (non-hydrogen) atoms. The van der Waals surface area contributed by atoms with Crippen molar-refractivity contribution in [1.82, 2.24) is 15.5 Å². The highest BCUT2D eigenvalue weighted by Crippen LogP contribution is 2.03. The number of nitrogens with zero attached hydrogens (tertiary/aromatic N) is 2. The number of rotatable bonds is 4. The molecule has 1 aromatic carbocycles. The number of aromatic nitrogens is 2. The fourth-order valence-corrected chi connectivity index (χ4v) is 1.57. The SMILES string of the molecule is N#Cc1cccc(C(=O)NCCc2ccn[nH]2)c1. The molecule has 0 bridgehead atoms. The minimum atomic E-state index is -0.174. The van der Waals surface area contributed by atoms with Crippen LogP contribution in [0.25, 0.3) is 0 Å². The lowest BCUT2D eigenvalue weighted by molar-refractivity contribution is 0.0954. The summed E-state index contributed by atoms with van der Waals surface area (Å²) in [6, 6.07) is 10.5. The lowest BCUT2D eigenvalue weighted by Gasteiger charge is -2.04. The van der Waals surface area contributed by atoms with Gasteiger partial charge in [-0.15, -0.1) is 0 Å². The molecule has 90 valence electrons. The first kappa shape index (κ1) is 11.9. The van der Waals surface area contributed by atoms with Gasteiger partial charge in [0.05, 0.1) is 11.6 Å². The average Bonchev–Trinajstić information content (AvgIpc) is 2.92. The quantitative estimate of drug-likeness (QED) is 0.843. The van der Waals surface area contributed by atoms with E-state index in [1.165, 1.54) is 0 Å². The number of aromatic amines is 1. The van der Waals surface area contributed by atoms with Crippen molar-refractivity contribution >= 4 is 5.91 Å². The summed E-state index contributed by atoms with van der Waals surface area (Å²) in [7, 11) is 0. The highest BCUT2D eigenvalue weighted by atomic mass is 16.1. The molecule has 0 radical (unpaired) electrons. The van der Waals surface area contributed by atoms with Crippen molar-refractivity contribution in [1.29, 1.82) is 5.26 Å². The van der Waals surface area contributed by atoms with E-state index in [2.05, 4.69) is 15.5 Å². The number of amides is 1. The molecule has 1 aromatic heterocycles. The van der Waals surface area contributed by atoms with Gasteiger partial charge in [-0.3, -0.25) is 9.89 Å². The maximum Gasteiger partial charge on any atom is 0.251 e. The van der Waals surface area contributed by atoms with Gasteiger partial charge < -0.3 is 5.32 Å². The normalized spacial score (nSPS) is 9.72. The Balaban J connectivity index is 1.89. The standard InChI is InChI=1S/C13H12N4O/c14-9-10-2-1-3-11(8-10)13(18)15-6-4-12-5-7-16-17-12/h1-3,5,7-8H,4,6H2,(H,15,18)(H,16,17). The van der Waals surface area contributed by atoms with Crippen molar-refractivity contribution in [2.24, 2.45) is 0 Å². The largest absolute Gasteiger partial charge is 0.352 e. The number of hydrogen-bond donors (Lipinski definition) is 2. The summed E-state index contributed by atoms with van der Waals surface area (Å²) < 4.78 is 0. The van der Waals surface area contributed by atoms with Crippen molar-refractivity contribution < 1.29 is 4.79 Å². The van der Waals surface area contributed by atoms with E-state index in [9.17, 15) is 4.79 Å². The first-order valence-corrected chi connectivity index (χ1v) is 5.56. The highest BCUT2D eigenvalue weighted by Gasteiger charge is 2.05. The van der Waals surface area contributed by atoms with Gasteiger partial charge in [-0.05, 0) is 24.3 Å². The summed E-state index contributed by atoms with van der Waals surface area (Å²) in [5.41, 5.74) is 1.95. The molecular weight excluding hydrogens is 228 g/mol. The van der Waals surface area contributed by atoms with Gasteiger partial charge in [0.2, 0.25) is 0 Å². The molecule has 2 N–H and O–H groups in total. The smallest absolute Gasteiger partial charge is 0.251 e. The van der Waals surface area contributed by atoms with E-state index in [0.29, 0.717) is 24.1 Å². The molecule has 1 amide bonds. The number of carbonyl (C=O) groups excluding carboxylic acids is 1. The van der Waals surface area contributed by atoms with E-state index in [4.69, 9.17) is 5.26 Å². The summed E-state index contributed by atoms with van der Waals surface area (Å²) in [4.78, 5) is 11.8. The first-order valence-electron chi connectivity index (χ1n) is 5.56. The zero-order chi connectivity index (χ0) is 12.8. The number of H-pyrrole nitrogens is 1. The van der Waals surface area contributed by atoms with Crippen molar-refractivity contribution in [3.63, 3.8) is 0 Å².